The highest BCUT2D eigenvalue weighted by atomic mass is 16.2. The number of amides is 1. The van der Waals surface area contributed by atoms with E-state index >= 15 is 0 Å². The van der Waals surface area contributed by atoms with Crippen LogP contribution in [0, 0.1) is 0 Å². The largest absolute Gasteiger partial charge is 0.342 e. The van der Waals surface area contributed by atoms with Crippen LogP contribution in [0.2, 0.25) is 0 Å². The Morgan fingerprint density at radius 3 is 2.58 bits per heavy atom. The molecule has 3 heteroatoms. The molecule has 0 spiro atoms. The van der Waals surface area contributed by atoms with Gasteiger partial charge in [0.1, 0.15) is 0 Å². The molecule has 1 aromatic carbocycles. The molecule has 1 unspecified atom stereocenters. The summed E-state index contributed by atoms with van der Waals surface area (Å²) in [4.78, 5) is 16.2. The predicted molar refractivity (Wildman–Crippen MR) is 78.2 cm³/mol. The first-order chi connectivity index (χ1) is 9.20. The van der Waals surface area contributed by atoms with Gasteiger partial charge in [0.25, 0.3) is 0 Å². The van der Waals surface area contributed by atoms with E-state index in [0.29, 0.717) is 18.2 Å². The van der Waals surface area contributed by atoms with Crippen molar-refractivity contribution in [2.45, 2.75) is 26.2 Å². The number of likely N-dealkylation sites (N-methyl/N-ethyl adjacent to an activating group) is 1. The molecule has 1 aromatic rings. The molecule has 2 rings (SSSR count). The molecule has 1 aliphatic heterocycles. The van der Waals surface area contributed by atoms with E-state index in [0.717, 1.165) is 32.7 Å². The summed E-state index contributed by atoms with van der Waals surface area (Å²) in [6.07, 6.45) is 0.662. The molecule has 1 aliphatic rings. The SMILES string of the molecule is CCN1CCN(CC(C)c2ccccc2)CCC1=O. The number of hydrogen-bond acceptors (Lipinski definition) is 2. The van der Waals surface area contributed by atoms with Gasteiger partial charge in [0.2, 0.25) is 5.91 Å². The van der Waals surface area contributed by atoms with Crippen LogP contribution >= 0.6 is 0 Å². The van der Waals surface area contributed by atoms with Crippen LogP contribution in [0.3, 0.4) is 0 Å². The zero-order valence-electron chi connectivity index (χ0n) is 12.0. The first kappa shape index (κ1) is 14.1. The molecule has 1 heterocycles. The Hall–Kier alpha value is -1.35. The summed E-state index contributed by atoms with van der Waals surface area (Å²) < 4.78 is 0. The van der Waals surface area contributed by atoms with Crippen LogP contribution in [0.15, 0.2) is 30.3 Å². The van der Waals surface area contributed by atoms with E-state index in [2.05, 4.69) is 49.1 Å². The van der Waals surface area contributed by atoms with Crippen molar-refractivity contribution in [1.29, 1.82) is 0 Å². The molecule has 0 bridgehead atoms. The van der Waals surface area contributed by atoms with E-state index in [-0.39, 0.29) is 0 Å². The third-order valence-electron chi connectivity index (χ3n) is 3.96. The molecule has 1 saturated heterocycles. The second-order valence-electron chi connectivity index (χ2n) is 5.34. The van der Waals surface area contributed by atoms with Gasteiger partial charge in [-0.1, -0.05) is 37.3 Å². The number of rotatable bonds is 4. The Labute approximate surface area is 116 Å². The zero-order chi connectivity index (χ0) is 13.7. The number of carbonyl (C=O) groups is 1. The average Bonchev–Trinajstić information content (AvgIpc) is 2.62. The topological polar surface area (TPSA) is 23.6 Å². The molecule has 0 radical (unpaired) electrons. The Kier molecular flexibility index (Phi) is 4.97. The zero-order valence-corrected chi connectivity index (χ0v) is 12.0. The minimum absolute atomic E-state index is 0.303. The summed E-state index contributed by atoms with van der Waals surface area (Å²) in [5, 5.41) is 0. The van der Waals surface area contributed by atoms with E-state index in [9.17, 15) is 4.79 Å². The monoisotopic (exact) mass is 260 g/mol. The van der Waals surface area contributed by atoms with Crippen LogP contribution in [0.25, 0.3) is 0 Å². The molecule has 1 atom stereocenters. The highest BCUT2D eigenvalue weighted by Gasteiger charge is 2.20. The van der Waals surface area contributed by atoms with E-state index in [1.807, 2.05) is 4.90 Å². The van der Waals surface area contributed by atoms with Crippen LogP contribution in [0.4, 0.5) is 0 Å². The van der Waals surface area contributed by atoms with Crippen molar-refractivity contribution in [2.24, 2.45) is 0 Å². The van der Waals surface area contributed by atoms with Crippen LogP contribution in [-0.4, -0.2) is 48.4 Å². The van der Waals surface area contributed by atoms with Gasteiger partial charge in [-0.15, -0.1) is 0 Å². The molecule has 1 fully saturated rings. The molecule has 104 valence electrons. The molecule has 19 heavy (non-hydrogen) atoms. The van der Waals surface area contributed by atoms with E-state index in [1.165, 1.54) is 5.56 Å². The summed E-state index contributed by atoms with van der Waals surface area (Å²) in [6, 6.07) is 10.6. The summed E-state index contributed by atoms with van der Waals surface area (Å²) >= 11 is 0. The lowest BCUT2D eigenvalue weighted by Gasteiger charge is -2.24. The van der Waals surface area contributed by atoms with Gasteiger partial charge in [-0.2, -0.15) is 0 Å². The Morgan fingerprint density at radius 1 is 1.16 bits per heavy atom. The van der Waals surface area contributed by atoms with Gasteiger partial charge < -0.3 is 9.80 Å². The normalized spacial score (nSPS) is 19.3. The Balaban J connectivity index is 1.91. The van der Waals surface area contributed by atoms with Crippen molar-refractivity contribution in [3.05, 3.63) is 35.9 Å². The van der Waals surface area contributed by atoms with Crippen LogP contribution < -0.4 is 0 Å². The van der Waals surface area contributed by atoms with Gasteiger partial charge in [0.05, 0.1) is 0 Å². The van der Waals surface area contributed by atoms with Crippen molar-refractivity contribution in [3.63, 3.8) is 0 Å². The molecule has 0 N–H and O–H groups in total. The second kappa shape index (κ2) is 6.71. The molecule has 0 saturated carbocycles. The maximum Gasteiger partial charge on any atom is 0.223 e. The third-order valence-corrected chi connectivity index (χ3v) is 3.96. The van der Waals surface area contributed by atoms with Crippen LogP contribution in [-0.2, 0) is 4.79 Å². The lowest BCUT2D eigenvalue weighted by molar-refractivity contribution is -0.130. The van der Waals surface area contributed by atoms with Crippen molar-refractivity contribution >= 4 is 5.91 Å². The summed E-state index contributed by atoms with van der Waals surface area (Å²) in [7, 11) is 0. The smallest absolute Gasteiger partial charge is 0.223 e. The number of carbonyl (C=O) groups excluding carboxylic acids is 1. The van der Waals surface area contributed by atoms with Crippen molar-refractivity contribution in [3.8, 4) is 0 Å². The molecule has 1 amide bonds. The molecule has 3 nitrogen and oxygen atoms in total. The summed E-state index contributed by atoms with van der Waals surface area (Å²) in [5.41, 5.74) is 1.38. The minimum Gasteiger partial charge on any atom is -0.342 e. The maximum atomic E-state index is 11.8. The summed E-state index contributed by atoms with van der Waals surface area (Å²) in [6.45, 7) is 8.95. The standard InChI is InChI=1S/C16H24N2O/c1-3-18-12-11-17(10-9-16(18)19)13-14(2)15-7-5-4-6-8-15/h4-8,14H,3,9-13H2,1-2H3. The van der Waals surface area contributed by atoms with E-state index < -0.39 is 0 Å². The van der Waals surface area contributed by atoms with Crippen molar-refractivity contribution < 1.29 is 4.79 Å². The van der Waals surface area contributed by atoms with Gasteiger partial charge in [0, 0.05) is 39.1 Å². The number of benzene rings is 1. The average molecular weight is 260 g/mol. The predicted octanol–water partition coefficient (Wildman–Crippen LogP) is 2.34. The lowest BCUT2D eigenvalue weighted by Crippen LogP contribution is -2.34. The highest BCUT2D eigenvalue weighted by molar-refractivity contribution is 5.76. The third kappa shape index (κ3) is 3.80. The number of nitrogens with zero attached hydrogens (tertiary/aromatic N) is 2. The Bertz CT molecular complexity index is 404. The minimum atomic E-state index is 0.303. The van der Waals surface area contributed by atoms with Gasteiger partial charge in [-0.3, -0.25) is 4.79 Å². The fourth-order valence-corrected chi connectivity index (χ4v) is 2.70. The fourth-order valence-electron chi connectivity index (χ4n) is 2.70. The van der Waals surface area contributed by atoms with E-state index in [4.69, 9.17) is 0 Å². The highest BCUT2D eigenvalue weighted by Crippen LogP contribution is 2.17. The van der Waals surface area contributed by atoms with Gasteiger partial charge in [-0.05, 0) is 18.4 Å². The van der Waals surface area contributed by atoms with Gasteiger partial charge >= 0.3 is 0 Å². The lowest BCUT2D eigenvalue weighted by atomic mass is 10.0. The summed E-state index contributed by atoms with van der Waals surface area (Å²) in [5.74, 6) is 0.821. The van der Waals surface area contributed by atoms with Crippen LogP contribution in [0.1, 0.15) is 31.7 Å². The van der Waals surface area contributed by atoms with Gasteiger partial charge in [-0.25, -0.2) is 0 Å². The van der Waals surface area contributed by atoms with E-state index in [1.54, 1.807) is 0 Å². The molecule has 0 aliphatic carbocycles. The first-order valence-electron chi connectivity index (χ1n) is 7.25. The fraction of sp³-hybridized carbons (Fsp3) is 0.562. The van der Waals surface area contributed by atoms with Crippen molar-refractivity contribution in [1.82, 2.24) is 9.80 Å². The first-order valence-corrected chi connectivity index (χ1v) is 7.25. The maximum absolute atomic E-state index is 11.8. The molecule has 0 aromatic heterocycles. The van der Waals surface area contributed by atoms with Gasteiger partial charge in [0.15, 0.2) is 0 Å². The van der Waals surface area contributed by atoms with Crippen molar-refractivity contribution in [2.75, 3.05) is 32.7 Å². The number of hydrogen-bond donors (Lipinski definition) is 0. The molecular formula is C16H24N2O. The second-order valence-corrected chi connectivity index (χ2v) is 5.34. The molecular weight excluding hydrogens is 236 g/mol. The van der Waals surface area contributed by atoms with Crippen LogP contribution in [0.5, 0.6) is 0 Å². The Morgan fingerprint density at radius 2 is 1.89 bits per heavy atom. The quantitative estimate of drug-likeness (QED) is 0.829.